The van der Waals surface area contributed by atoms with Gasteiger partial charge in [0.1, 0.15) is 10.8 Å². The van der Waals surface area contributed by atoms with Crippen LogP contribution in [-0.4, -0.2) is 28.7 Å². The largest absolute Gasteiger partial charge is 0.369 e. The van der Waals surface area contributed by atoms with Crippen molar-refractivity contribution >= 4 is 23.1 Å². The van der Waals surface area contributed by atoms with Crippen molar-refractivity contribution in [1.82, 2.24) is 9.78 Å². The van der Waals surface area contributed by atoms with Gasteiger partial charge < -0.3 is 4.90 Å². The number of benzene rings is 2. The van der Waals surface area contributed by atoms with Gasteiger partial charge in [-0.25, -0.2) is 4.39 Å². The van der Waals surface area contributed by atoms with Crippen LogP contribution >= 0.6 is 11.6 Å². The third-order valence-electron chi connectivity index (χ3n) is 5.24. The van der Waals surface area contributed by atoms with Crippen LogP contribution in [0.15, 0.2) is 65.6 Å². The summed E-state index contributed by atoms with van der Waals surface area (Å²) in [6.45, 7) is 1.18. The Morgan fingerprint density at radius 2 is 1.69 bits per heavy atom. The normalized spacial score (nSPS) is 14.8. The van der Waals surface area contributed by atoms with Gasteiger partial charge in [0.25, 0.3) is 5.56 Å². The molecule has 1 aromatic heterocycles. The molecule has 1 aliphatic rings. The number of halogens is 2. The number of carbonyl (C=O) groups excluding carboxylic acids is 1. The van der Waals surface area contributed by atoms with Crippen LogP contribution in [0.3, 0.4) is 0 Å². The maximum Gasteiger partial charge on any atom is 0.292 e. The van der Waals surface area contributed by atoms with E-state index in [0.717, 1.165) is 0 Å². The minimum atomic E-state index is -0.375. The van der Waals surface area contributed by atoms with E-state index in [1.54, 1.807) is 18.3 Å². The van der Waals surface area contributed by atoms with E-state index in [1.165, 1.54) is 28.9 Å². The summed E-state index contributed by atoms with van der Waals surface area (Å²) >= 11 is 6.37. The molecule has 7 heteroatoms. The maximum absolute atomic E-state index is 13.1. The monoisotopic (exact) mass is 411 g/mol. The van der Waals surface area contributed by atoms with Crippen molar-refractivity contribution in [3.05, 3.63) is 87.6 Å². The Bertz CT molecular complexity index is 1080. The van der Waals surface area contributed by atoms with Gasteiger partial charge in [0.2, 0.25) is 0 Å². The lowest BCUT2D eigenvalue weighted by Gasteiger charge is -2.33. The van der Waals surface area contributed by atoms with E-state index in [9.17, 15) is 14.0 Å². The zero-order valence-corrected chi connectivity index (χ0v) is 16.3. The molecule has 0 amide bonds. The van der Waals surface area contributed by atoms with Gasteiger partial charge in [0, 0.05) is 24.6 Å². The summed E-state index contributed by atoms with van der Waals surface area (Å²) in [6.07, 6.45) is 2.86. The fourth-order valence-electron chi connectivity index (χ4n) is 3.63. The Balaban J connectivity index is 1.49. The number of anilines is 1. The molecule has 3 aromatic rings. The third-order valence-corrected chi connectivity index (χ3v) is 5.59. The molecule has 0 atom stereocenters. The van der Waals surface area contributed by atoms with Gasteiger partial charge in [-0.15, -0.1) is 0 Å². The molecule has 0 spiro atoms. The van der Waals surface area contributed by atoms with Crippen LogP contribution in [0.5, 0.6) is 0 Å². The summed E-state index contributed by atoms with van der Waals surface area (Å²) in [5, 5.41) is 4.39. The van der Waals surface area contributed by atoms with Crippen molar-refractivity contribution in [3.63, 3.8) is 0 Å². The minimum Gasteiger partial charge on any atom is -0.369 e. The highest BCUT2D eigenvalue weighted by Crippen LogP contribution is 2.28. The first-order valence-corrected chi connectivity index (χ1v) is 9.80. The molecule has 1 aliphatic heterocycles. The van der Waals surface area contributed by atoms with E-state index in [1.807, 2.05) is 23.1 Å². The fraction of sp³-hybridized carbons (Fsp3) is 0.227. The molecular weight excluding hydrogens is 393 g/mol. The van der Waals surface area contributed by atoms with Crippen molar-refractivity contribution in [1.29, 1.82) is 0 Å². The Morgan fingerprint density at radius 1 is 1.03 bits per heavy atom. The Hall–Kier alpha value is -2.99. The van der Waals surface area contributed by atoms with Crippen LogP contribution in [0.25, 0.3) is 5.69 Å². The quantitative estimate of drug-likeness (QED) is 0.606. The van der Waals surface area contributed by atoms with E-state index >= 15 is 0 Å². The average molecular weight is 412 g/mol. The molecular formula is C22H19ClFN3O2. The number of carbonyl (C=O) groups is 1. The molecule has 5 nitrogen and oxygen atoms in total. The first-order chi connectivity index (χ1) is 14.0. The highest BCUT2D eigenvalue weighted by Gasteiger charge is 2.27. The summed E-state index contributed by atoms with van der Waals surface area (Å²) < 4.78 is 14.3. The molecule has 2 aromatic carbocycles. The Morgan fingerprint density at radius 3 is 2.34 bits per heavy atom. The first kappa shape index (κ1) is 19.3. The molecule has 0 saturated carbocycles. The summed E-state index contributed by atoms with van der Waals surface area (Å²) in [4.78, 5) is 27.3. The highest BCUT2D eigenvalue weighted by atomic mass is 35.5. The SMILES string of the molecule is O=C(c1ccc(F)cc1)C1CCN(c2cnn(-c3ccccc3)c(=O)c2Cl)CC1. The van der Waals surface area contributed by atoms with Crippen LogP contribution < -0.4 is 10.5 Å². The standard InChI is InChI=1S/C22H19ClFN3O2/c23-20-19(14-25-27(22(20)29)18-4-2-1-3-5-18)26-12-10-16(11-13-26)21(28)15-6-8-17(24)9-7-15/h1-9,14,16H,10-13H2. The second kappa shape index (κ2) is 8.17. The first-order valence-electron chi connectivity index (χ1n) is 9.42. The molecule has 2 heterocycles. The van der Waals surface area contributed by atoms with Crippen LogP contribution in [0.4, 0.5) is 10.1 Å². The van der Waals surface area contributed by atoms with Gasteiger partial charge >= 0.3 is 0 Å². The Kier molecular flexibility index (Phi) is 5.45. The smallest absolute Gasteiger partial charge is 0.292 e. The molecule has 0 N–H and O–H groups in total. The van der Waals surface area contributed by atoms with E-state index in [4.69, 9.17) is 11.6 Å². The lowest BCUT2D eigenvalue weighted by molar-refractivity contribution is 0.0900. The van der Waals surface area contributed by atoms with Gasteiger partial charge in [0.05, 0.1) is 17.6 Å². The molecule has 148 valence electrons. The van der Waals surface area contributed by atoms with Crippen LogP contribution in [-0.2, 0) is 0 Å². The highest BCUT2D eigenvalue weighted by molar-refractivity contribution is 6.33. The lowest BCUT2D eigenvalue weighted by Crippen LogP contribution is -2.38. The summed E-state index contributed by atoms with van der Waals surface area (Å²) in [7, 11) is 0. The summed E-state index contributed by atoms with van der Waals surface area (Å²) in [5.41, 5.74) is 1.38. The van der Waals surface area contributed by atoms with Gasteiger partial charge in [-0.1, -0.05) is 29.8 Å². The number of hydrogen-bond donors (Lipinski definition) is 0. The molecule has 4 rings (SSSR count). The molecule has 0 radical (unpaired) electrons. The van der Waals surface area contributed by atoms with Crippen LogP contribution in [0.2, 0.25) is 5.02 Å². The molecule has 0 bridgehead atoms. The van der Waals surface area contributed by atoms with Crippen molar-refractivity contribution in [2.24, 2.45) is 5.92 Å². The number of hydrogen-bond acceptors (Lipinski definition) is 4. The van der Waals surface area contributed by atoms with E-state index in [0.29, 0.717) is 42.9 Å². The number of piperidine rings is 1. The molecule has 29 heavy (non-hydrogen) atoms. The third kappa shape index (κ3) is 3.93. The second-order valence-electron chi connectivity index (χ2n) is 7.03. The topological polar surface area (TPSA) is 55.2 Å². The zero-order valence-electron chi connectivity index (χ0n) is 15.6. The fourth-order valence-corrected chi connectivity index (χ4v) is 3.88. The number of rotatable bonds is 4. The molecule has 1 saturated heterocycles. The van der Waals surface area contributed by atoms with Crippen LogP contribution in [0.1, 0.15) is 23.2 Å². The second-order valence-corrected chi connectivity index (χ2v) is 7.41. The predicted molar refractivity (Wildman–Crippen MR) is 111 cm³/mol. The number of para-hydroxylation sites is 1. The number of aromatic nitrogens is 2. The van der Waals surface area contributed by atoms with E-state index in [-0.39, 0.29) is 28.1 Å². The summed E-state index contributed by atoms with van der Waals surface area (Å²) in [6, 6.07) is 14.7. The maximum atomic E-state index is 13.1. The molecule has 1 fully saturated rings. The lowest BCUT2D eigenvalue weighted by atomic mass is 9.89. The van der Waals surface area contributed by atoms with Gasteiger partial charge in [-0.3, -0.25) is 9.59 Å². The van der Waals surface area contributed by atoms with Gasteiger partial charge in [-0.2, -0.15) is 9.78 Å². The minimum absolute atomic E-state index is 0.0216. The van der Waals surface area contributed by atoms with Crippen molar-refractivity contribution in [3.8, 4) is 5.69 Å². The van der Waals surface area contributed by atoms with E-state index < -0.39 is 0 Å². The Labute approximate surface area is 172 Å². The summed E-state index contributed by atoms with van der Waals surface area (Å²) in [5.74, 6) is -0.467. The number of nitrogens with zero attached hydrogens (tertiary/aromatic N) is 3. The van der Waals surface area contributed by atoms with E-state index in [2.05, 4.69) is 5.10 Å². The molecule has 0 unspecified atom stereocenters. The average Bonchev–Trinajstić information content (AvgIpc) is 2.76. The van der Waals surface area contributed by atoms with Crippen molar-refractivity contribution < 1.29 is 9.18 Å². The van der Waals surface area contributed by atoms with Gasteiger partial charge in [-0.05, 0) is 49.2 Å². The zero-order chi connectivity index (χ0) is 20.4. The van der Waals surface area contributed by atoms with Crippen molar-refractivity contribution in [2.45, 2.75) is 12.8 Å². The molecule has 0 aliphatic carbocycles. The van der Waals surface area contributed by atoms with Crippen molar-refractivity contribution in [2.75, 3.05) is 18.0 Å². The van der Waals surface area contributed by atoms with Crippen LogP contribution in [0, 0.1) is 11.7 Å². The van der Waals surface area contributed by atoms with Gasteiger partial charge in [0.15, 0.2) is 5.78 Å². The number of Topliss-reactive ketones (excluding diaryl/α,β-unsaturated/α-hetero) is 1. The number of ketones is 1. The predicted octanol–water partition coefficient (Wildman–Crippen LogP) is 4.12.